The smallest absolute Gasteiger partial charge is 0.261 e. The number of thiophene rings is 1. The van der Waals surface area contributed by atoms with Gasteiger partial charge in [-0.25, -0.2) is 0 Å². The lowest BCUT2D eigenvalue weighted by Gasteiger charge is -2.05. The van der Waals surface area contributed by atoms with Crippen LogP contribution in [0.2, 0.25) is 0 Å². The molecule has 0 fully saturated rings. The molecule has 0 aliphatic rings. The molecule has 0 aliphatic carbocycles. The van der Waals surface area contributed by atoms with E-state index in [1.165, 1.54) is 11.3 Å². The molecule has 1 aromatic heterocycles. The molecule has 110 valence electrons. The average Bonchev–Trinajstić information content (AvgIpc) is 2.84. The molecule has 21 heavy (non-hydrogen) atoms. The van der Waals surface area contributed by atoms with Gasteiger partial charge in [-0.2, -0.15) is 0 Å². The van der Waals surface area contributed by atoms with E-state index in [0.717, 1.165) is 20.9 Å². The lowest BCUT2D eigenvalue weighted by atomic mass is 10.1. The van der Waals surface area contributed by atoms with Gasteiger partial charge in [0.05, 0.1) is 4.88 Å². The molecule has 5 heteroatoms. The third-order valence-electron chi connectivity index (χ3n) is 3.29. The SMILES string of the molecule is CNC(=O)c1ccc(CNC(=O)c2cc(C)c(C)s2)cc1. The van der Waals surface area contributed by atoms with Crippen LogP contribution in [-0.2, 0) is 6.54 Å². The fraction of sp³-hybridized carbons (Fsp3) is 0.250. The number of carbonyl (C=O) groups is 2. The molecule has 0 spiro atoms. The minimum absolute atomic E-state index is 0.0634. The van der Waals surface area contributed by atoms with Crippen LogP contribution in [0.3, 0.4) is 0 Å². The topological polar surface area (TPSA) is 58.2 Å². The van der Waals surface area contributed by atoms with Crippen molar-refractivity contribution in [2.45, 2.75) is 20.4 Å². The highest BCUT2D eigenvalue weighted by Gasteiger charge is 2.10. The van der Waals surface area contributed by atoms with E-state index < -0.39 is 0 Å². The Morgan fingerprint density at radius 1 is 1.10 bits per heavy atom. The Kier molecular flexibility index (Phi) is 4.75. The largest absolute Gasteiger partial charge is 0.355 e. The second-order valence-corrected chi connectivity index (χ2v) is 6.06. The molecular weight excluding hydrogens is 284 g/mol. The summed E-state index contributed by atoms with van der Waals surface area (Å²) >= 11 is 1.50. The normalized spacial score (nSPS) is 10.2. The zero-order valence-corrected chi connectivity index (χ0v) is 13.1. The molecule has 1 heterocycles. The fourth-order valence-corrected chi connectivity index (χ4v) is 2.82. The summed E-state index contributed by atoms with van der Waals surface area (Å²) in [6.45, 7) is 4.46. The second-order valence-electron chi connectivity index (χ2n) is 4.81. The molecule has 1 aromatic carbocycles. The Morgan fingerprint density at radius 2 is 1.76 bits per heavy atom. The Balaban J connectivity index is 1.96. The van der Waals surface area contributed by atoms with E-state index in [-0.39, 0.29) is 11.8 Å². The summed E-state index contributed by atoms with van der Waals surface area (Å²) in [6.07, 6.45) is 0. The molecule has 0 atom stereocenters. The molecule has 2 N–H and O–H groups in total. The zero-order chi connectivity index (χ0) is 15.4. The molecule has 0 saturated carbocycles. The van der Waals surface area contributed by atoms with Crippen LogP contribution in [0.15, 0.2) is 30.3 Å². The first-order chi connectivity index (χ1) is 10.0. The van der Waals surface area contributed by atoms with Crippen molar-refractivity contribution in [2.24, 2.45) is 0 Å². The highest BCUT2D eigenvalue weighted by atomic mass is 32.1. The molecule has 4 nitrogen and oxygen atoms in total. The van der Waals surface area contributed by atoms with E-state index in [1.54, 1.807) is 19.2 Å². The van der Waals surface area contributed by atoms with Crippen molar-refractivity contribution in [3.63, 3.8) is 0 Å². The summed E-state index contributed by atoms with van der Waals surface area (Å²) in [5.41, 5.74) is 2.71. The number of carbonyl (C=O) groups excluding carboxylic acids is 2. The van der Waals surface area contributed by atoms with Crippen molar-refractivity contribution < 1.29 is 9.59 Å². The van der Waals surface area contributed by atoms with E-state index in [4.69, 9.17) is 0 Å². The predicted octanol–water partition coefficient (Wildman–Crippen LogP) is 2.65. The number of nitrogens with one attached hydrogen (secondary N) is 2. The van der Waals surface area contributed by atoms with Gasteiger partial charge in [-0.3, -0.25) is 9.59 Å². The van der Waals surface area contributed by atoms with Crippen molar-refractivity contribution in [1.29, 1.82) is 0 Å². The Morgan fingerprint density at radius 3 is 2.29 bits per heavy atom. The van der Waals surface area contributed by atoms with E-state index in [2.05, 4.69) is 10.6 Å². The molecule has 0 unspecified atom stereocenters. The van der Waals surface area contributed by atoms with Gasteiger partial charge in [0.25, 0.3) is 11.8 Å². The third kappa shape index (κ3) is 3.70. The van der Waals surface area contributed by atoms with Crippen LogP contribution in [0, 0.1) is 13.8 Å². The van der Waals surface area contributed by atoms with Gasteiger partial charge < -0.3 is 10.6 Å². The van der Waals surface area contributed by atoms with E-state index >= 15 is 0 Å². The van der Waals surface area contributed by atoms with Crippen molar-refractivity contribution in [3.05, 3.63) is 56.8 Å². The number of rotatable bonds is 4. The lowest BCUT2D eigenvalue weighted by Crippen LogP contribution is -2.22. The quantitative estimate of drug-likeness (QED) is 0.912. The van der Waals surface area contributed by atoms with Crippen molar-refractivity contribution in [1.82, 2.24) is 10.6 Å². The van der Waals surface area contributed by atoms with E-state index in [9.17, 15) is 9.59 Å². The molecule has 0 saturated heterocycles. The molecule has 2 aromatic rings. The van der Waals surface area contributed by atoms with E-state index in [1.807, 2.05) is 32.0 Å². The van der Waals surface area contributed by atoms with Crippen LogP contribution < -0.4 is 10.6 Å². The number of benzene rings is 1. The zero-order valence-electron chi connectivity index (χ0n) is 12.3. The van der Waals surface area contributed by atoms with Gasteiger partial charge >= 0.3 is 0 Å². The van der Waals surface area contributed by atoms with Crippen molar-refractivity contribution in [3.8, 4) is 0 Å². The predicted molar refractivity (Wildman–Crippen MR) is 84.8 cm³/mol. The monoisotopic (exact) mass is 302 g/mol. The molecule has 0 aliphatic heterocycles. The van der Waals surface area contributed by atoms with Crippen LogP contribution in [-0.4, -0.2) is 18.9 Å². The Hall–Kier alpha value is -2.14. The van der Waals surface area contributed by atoms with Crippen molar-refractivity contribution >= 4 is 23.2 Å². The lowest BCUT2D eigenvalue weighted by molar-refractivity contribution is 0.0949. The van der Waals surface area contributed by atoms with Crippen LogP contribution in [0.4, 0.5) is 0 Å². The molecule has 2 amide bonds. The summed E-state index contributed by atoms with van der Waals surface area (Å²) in [5, 5.41) is 5.46. The Labute approximate surface area is 128 Å². The first-order valence-corrected chi connectivity index (χ1v) is 7.49. The maximum absolute atomic E-state index is 12.0. The first kappa shape index (κ1) is 15.3. The maximum atomic E-state index is 12.0. The highest BCUT2D eigenvalue weighted by molar-refractivity contribution is 7.14. The highest BCUT2D eigenvalue weighted by Crippen LogP contribution is 2.20. The third-order valence-corrected chi connectivity index (χ3v) is 4.44. The average molecular weight is 302 g/mol. The summed E-state index contributed by atoms with van der Waals surface area (Å²) in [6, 6.07) is 9.09. The van der Waals surface area contributed by atoms with Gasteiger partial charge in [-0.15, -0.1) is 11.3 Å². The second kappa shape index (κ2) is 6.54. The number of hydrogen-bond acceptors (Lipinski definition) is 3. The number of aryl methyl sites for hydroxylation is 2. The van der Waals surface area contributed by atoms with Gasteiger partial charge in [0.15, 0.2) is 0 Å². The van der Waals surface area contributed by atoms with Gasteiger partial charge in [-0.05, 0) is 43.2 Å². The number of amides is 2. The summed E-state index contributed by atoms with van der Waals surface area (Å²) in [5.74, 6) is -0.179. The molecule has 0 bridgehead atoms. The molecular formula is C16H18N2O2S. The van der Waals surface area contributed by atoms with Crippen LogP contribution in [0.25, 0.3) is 0 Å². The summed E-state index contributed by atoms with van der Waals surface area (Å²) in [4.78, 5) is 25.4. The molecule has 0 radical (unpaired) electrons. The maximum Gasteiger partial charge on any atom is 0.261 e. The van der Waals surface area contributed by atoms with Crippen molar-refractivity contribution in [2.75, 3.05) is 7.05 Å². The van der Waals surface area contributed by atoms with E-state index in [0.29, 0.717) is 12.1 Å². The van der Waals surface area contributed by atoms with Crippen LogP contribution >= 0.6 is 11.3 Å². The standard InChI is InChI=1S/C16H18N2O2S/c1-10-8-14(21-11(10)2)16(20)18-9-12-4-6-13(7-5-12)15(19)17-3/h4-8H,9H2,1-3H3,(H,17,19)(H,18,20). The summed E-state index contributed by atoms with van der Waals surface area (Å²) in [7, 11) is 1.60. The number of hydrogen-bond donors (Lipinski definition) is 2. The molecule has 2 rings (SSSR count). The summed E-state index contributed by atoms with van der Waals surface area (Å²) < 4.78 is 0. The minimum Gasteiger partial charge on any atom is -0.355 e. The van der Waals surface area contributed by atoms with Crippen LogP contribution in [0.1, 0.15) is 36.0 Å². The van der Waals surface area contributed by atoms with Crippen LogP contribution in [0.5, 0.6) is 0 Å². The Bertz CT molecular complexity index is 640. The first-order valence-electron chi connectivity index (χ1n) is 6.67. The van der Waals surface area contributed by atoms with Gasteiger partial charge in [0, 0.05) is 24.0 Å². The van der Waals surface area contributed by atoms with Gasteiger partial charge in [0.2, 0.25) is 0 Å². The fourth-order valence-electron chi connectivity index (χ4n) is 1.87. The minimum atomic E-state index is -0.116. The van der Waals surface area contributed by atoms with Gasteiger partial charge in [-0.1, -0.05) is 12.1 Å². The van der Waals surface area contributed by atoms with Gasteiger partial charge in [0.1, 0.15) is 0 Å².